The molecule has 1 aromatic carbocycles. The van der Waals surface area contributed by atoms with Gasteiger partial charge in [-0.25, -0.2) is 4.98 Å². The Labute approximate surface area is 165 Å². The number of esters is 1. The smallest absolute Gasteiger partial charge is 0.316 e. The van der Waals surface area contributed by atoms with Gasteiger partial charge >= 0.3 is 5.97 Å². The molecule has 8 heteroatoms. The van der Waals surface area contributed by atoms with E-state index in [1.165, 1.54) is 11.8 Å². The first kappa shape index (κ1) is 20.9. The van der Waals surface area contributed by atoms with Crippen molar-refractivity contribution >= 4 is 44.6 Å². The predicted molar refractivity (Wildman–Crippen MR) is 107 cm³/mol. The summed E-state index contributed by atoms with van der Waals surface area (Å²) in [5, 5.41) is 1.06. The maximum absolute atomic E-state index is 12.9. The van der Waals surface area contributed by atoms with Gasteiger partial charge in [-0.15, -0.1) is 0 Å². The van der Waals surface area contributed by atoms with Gasteiger partial charge in [0.1, 0.15) is 0 Å². The highest BCUT2D eigenvalue weighted by molar-refractivity contribution is 9.10. The third kappa shape index (κ3) is 5.82. The summed E-state index contributed by atoms with van der Waals surface area (Å²) in [5.41, 5.74) is 0.492. The minimum Gasteiger partial charge on any atom is -0.462 e. The highest BCUT2D eigenvalue weighted by Crippen LogP contribution is 2.21. The summed E-state index contributed by atoms with van der Waals surface area (Å²) in [6, 6.07) is 5.41. The highest BCUT2D eigenvalue weighted by Gasteiger charge is 2.14. The van der Waals surface area contributed by atoms with E-state index in [9.17, 15) is 9.59 Å². The quantitative estimate of drug-likeness (QED) is 0.255. The average Bonchev–Trinajstić information content (AvgIpc) is 2.58. The van der Waals surface area contributed by atoms with Gasteiger partial charge in [-0.2, -0.15) is 0 Å². The van der Waals surface area contributed by atoms with Gasteiger partial charge in [0.25, 0.3) is 5.56 Å². The second-order valence-electron chi connectivity index (χ2n) is 5.89. The summed E-state index contributed by atoms with van der Waals surface area (Å²) in [5.74, 6) is -0.214. The molecule has 0 saturated carbocycles. The van der Waals surface area contributed by atoms with Crippen molar-refractivity contribution in [1.29, 1.82) is 0 Å². The lowest BCUT2D eigenvalue weighted by Gasteiger charge is -2.13. The molecular formula is C18H23BrN2O4S. The van der Waals surface area contributed by atoms with E-state index >= 15 is 0 Å². The number of nitrogens with zero attached hydrogens (tertiary/aromatic N) is 2. The normalized spacial score (nSPS) is 11.3. The molecule has 6 nitrogen and oxygen atoms in total. The summed E-state index contributed by atoms with van der Waals surface area (Å²) < 4.78 is 13.0. The molecule has 0 unspecified atom stereocenters. The Hall–Kier alpha value is -1.38. The van der Waals surface area contributed by atoms with Crippen LogP contribution in [0.3, 0.4) is 0 Å². The molecule has 0 bridgehead atoms. The first-order valence-corrected chi connectivity index (χ1v) is 10.3. The summed E-state index contributed by atoms with van der Waals surface area (Å²) in [6.07, 6.45) is 0.525. The van der Waals surface area contributed by atoms with Crippen molar-refractivity contribution in [2.24, 2.45) is 0 Å². The largest absolute Gasteiger partial charge is 0.462 e. The van der Waals surface area contributed by atoms with Crippen LogP contribution >= 0.6 is 27.7 Å². The molecule has 0 aliphatic rings. The van der Waals surface area contributed by atoms with Crippen LogP contribution in [0.1, 0.15) is 27.2 Å². The monoisotopic (exact) mass is 442 g/mol. The van der Waals surface area contributed by atoms with E-state index in [-0.39, 0.29) is 23.4 Å². The molecule has 2 rings (SSSR count). The molecule has 0 fully saturated rings. The van der Waals surface area contributed by atoms with Crippen molar-refractivity contribution in [3.8, 4) is 0 Å². The Morgan fingerprint density at radius 3 is 2.85 bits per heavy atom. The highest BCUT2D eigenvalue weighted by atomic mass is 79.9. The van der Waals surface area contributed by atoms with E-state index < -0.39 is 0 Å². The van der Waals surface area contributed by atoms with Crippen LogP contribution < -0.4 is 5.56 Å². The van der Waals surface area contributed by atoms with Crippen LogP contribution in [0.25, 0.3) is 10.9 Å². The van der Waals surface area contributed by atoms with E-state index in [4.69, 9.17) is 9.47 Å². The zero-order valence-corrected chi connectivity index (χ0v) is 17.6. The summed E-state index contributed by atoms with van der Waals surface area (Å²) in [6.45, 7) is 7.23. The Kier molecular flexibility index (Phi) is 8.12. The molecule has 0 aliphatic carbocycles. The van der Waals surface area contributed by atoms with Crippen molar-refractivity contribution < 1.29 is 14.3 Å². The third-order valence-electron chi connectivity index (χ3n) is 3.44. The van der Waals surface area contributed by atoms with E-state index in [0.717, 1.165) is 4.47 Å². The van der Waals surface area contributed by atoms with E-state index in [1.54, 1.807) is 30.5 Å². The average molecular weight is 443 g/mol. The minimum absolute atomic E-state index is 0.109. The Bertz CT molecular complexity index is 823. The number of carbonyl (C=O) groups excluding carboxylic acids is 1. The van der Waals surface area contributed by atoms with Crippen LogP contribution in [-0.2, 0) is 20.8 Å². The molecule has 0 saturated heterocycles. The van der Waals surface area contributed by atoms with Gasteiger partial charge in [0.05, 0.1) is 22.8 Å². The third-order valence-corrected chi connectivity index (χ3v) is 4.89. The van der Waals surface area contributed by atoms with Crippen LogP contribution in [0.15, 0.2) is 32.6 Å². The molecule has 0 spiro atoms. The van der Waals surface area contributed by atoms with Gasteiger partial charge in [-0.05, 0) is 45.4 Å². The summed E-state index contributed by atoms with van der Waals surface area (Å²) in [4.78, 5) is 29.3. The first-order valence-electron chi connectivity index (χ1n) is 8.52. The van der Waals surface area contributed by atoms with Gasteiger partial charge in [0.2, 0.25) is 0 Å². The fourth-order valence-corrected chi connectivity index (χ4v) is 3.54. The molecule has 0 aliphatic heterocycles. The second-order valence-corrected chi connectivity index (χ2v) is 7.75. The first-order chi connectivity index (χ1) is 12.4. The lowest BCUT2D eigenvalue weighted by molar-refractivity contribution is -0.144. The Morgan fingerprint density at radius 1 is 1.38 bits per heavy atom. The number of aromatic nitrogens is 2. The zero-order chi connectivity index (χ0) is 19.1. The minimum atomic E-state index is -0.323. The number of fused-ring (bicyclic) bond motifs is 1. The van der Waals surface area contributed by atoms with Crippen LogP contribution in [0.2, 0.25) is 0 Å². The fourth-order valence-electron chi connectivity index (χ4n) is 2.37. The molecule has 0 radical (unpaired) electrons. The molecule has 0 atom stereocenters. The van der Waals surface area contributed by atoms with Crippen molar-refractivity contribution in [3.05, 3.63) is 33.0 Å². The van der Waals surface area contributed by atoms with Crippen molar-refractivity contribution in [2.45, 2.75) is 45.0 Å². The number of ether oxygens (including phenoxy) is 2. The number of hydrogen-bond acceptors (Lipinski definition) is 6. The fraction of sp³-hybridized carbons (Fsp3) is 0.500. The molecular weight excluding hydrogens is 420 g/mol. The maximum Gasteiger partial charge on any atom is 0.316 e. The lowest BCUT2D eigenvalue weighted by atomic mass is 10.2. The molecule has 1 aromatic heterocycles. The summed E-state index contributed by atoms with van der Waals surface area (Å²) >= 11 is 4.61. The van der Waals surface area contributed by atoms with E-state index in [1.807, 2.05) is 13.0 Å². The van der Waals surface area contributed by atoms with Gasteiger partial charge in [-0.1, -0.05) is 27.7 Å². The van der Waals surface area contributed by atoms with Gasteiger partial charge in [0.15, 0.2) is 5.16 Å². The van der Waals surface area contributed by atoms with Crippen LogP contribution in [0.5, 0.6) is 0 Å². The maximum atomic E-state index is 12.9. The standard InChI is InChI=1S/C18H23BrN2O4S/c1-4-24-9-5-8-21-17(23)14-10-13(19)6-7-15(14)20-18(21)26-11-16(22)25-12(2)3/h6-7,10,12H,4-5,8-9,11H2,1-3H3. The lowest BCUT2D eigenvalue weighted by Crippen LogP contribution is -2.25. The Morgan fingerprint density at radius 2 is 2.15 bits per heavy atom. The van der Waals surface area contributed by atoms with Crippen molar-refractivity contribution in [2.75, 3.05) is 19.0 Å². The second kappa shape index (κ2) is 10.1. The summed E-state index contributed by atoms with van der Waals surface area (Å²) in [7, 11) is 0. The molecule has 0 amide bonds. The molecule has 26 heavy (non-hydrogen) atoms. The zero-order valence-electron chi connectivity index (χ0n) is 15.2. The van der Waals surface area contributed by atoms with E-state index in [2.05, 4.69) is 20.9 Å². The number of benzene rings is 1. The molecule has 0 N–H and O–H groups in total. The molecule has 142 valence electrons. The Balaban J connectivity index is 2.30. The predicted octanol–water partition coefficient (Wildman–Crippen LogP) is 3.63. The number of thioether (sulfide) groups is 1. The topological polar surface area (TPSA) is 70.4 Å². The number of halogens is 1. The van der Waals surface area contributed by atoms with Crippen LogP contribution in [-0.4, -0.2) is 40.6 Å². The van der Waals surface area contributed by atoms with Gasteiger partial charge in [0, 0.05) is 24.2 Å². The number of hydrogen-bond donors (Lipinski definition) is 0. The molecule has 2 aromatic rings. The van der Waals surface area contributed by atoms with Crippen molar-refractivity contribution in [1.82, 2.24) is 9.55 Å². The van der Waals surface area contributed by atoms with Gasteiger partial charge < -0.3 is 9.47 Å². The molecule has 1 heterocycles. The SMILES string of the molecule is CCOCCCn1c(SCC(=O)OC(C)C)nc2ccc(Br)cc2c1=O. The number of rotatable bonds is 9. The van der Waals surface area contributed by atoms with Crippen molar-refractivity contribution in [3.63, 3.8) is 0 Å². The van der Waals surface area contributed by atoms with Crippen LogP contribution in [0, 0.1) is 0 Å². The van der Waals surface area contributed by atoms with Crippen LogP contribution in [0.4, 0.5) is 0 Å². The van der Waals surface area contributed by atoms with Gasteiger partial charge in [-0.3, -0.25) is 14.2 Å². The number of carbonyl (C=O) groups is 1. The van der Waals surface area contributed by atoms with E-state index in [0.29, 0.717) is 42.2 Å².